The van der Waals surface area contributed by atoms with Crippen LogP contribution >= 0.6 is 15.9 Å². The fourth-order valence-corrected chi connectivity index (χ4v) is 2.90. The predicted octanol–water partition coefficient (Wildman–Crippen LogP) is 3.24. The number of piperidine rings is 1. The summed E-state index contributed by atoms with van der Waals surface area (Å²) in [5, 5.41) is 3.72. The summed E-state index contributed by atoms with van der Waals surface area (Å²) in [5.41, 5.74) is 1.41. The maximum Gasteiger partial charge on any atom is 0.0178 e. The highest BCUT2D eigenvalue weighted by molar-refractivity contribution is 9.10. The van der Waals surface area contributed by atoms with Gasteiger partial charge in [0, 0.05) is 17.1 Å². The molecule has 1 unspecified atom stereocenters. The SMILES string of the molecule is CC(CNC1CCN(C)CC1)c1cccc(Br)c1. The van der Waals surface area contributed by atoms with Gasteiger partial charge in [0.25, 0.3) is 0 Å². The number of hydrogen-bond acceptors (Lipinski definition) is 2. The Kier molecular flexibility index (Phi) is 5.22. The van der Waals surface area contributed by atoms with Gasteiger partial charge in [0.05, 0.1) is 0 Å². The molecule has 1 saturated heterocycles. The van der Waals surface area contributed by atoms with Gasteiger partial charge in [0.2, 0.25) is 0 Å². The molecule has 1 N–H and O–H groups in total. The third kappa shape index (κ3) is 4.08. The van der Waals surface area contributed by atoms with Crippen LogP contribution in [-0.2, 0) is 0 Å². The summed E-state index contributed by atoms with van der Waals surface area (Å²) >= 11 is 3.54. The molecular formula is C15H23BrN2. The third-order valence-electron chi connectivity index (χ3n) is 3.85. The largest absolute Gasteiger partial charge is 0.313 e. The van der Waals surface area contributed by atoms with Crippen molar-refractivity contribution in [2.45, 2.75) is 31.7 Å². The van der Waals surface area contributed by atoms with E-state index in [1.807, 2.05) is 0 Å². The Morgan fingerprint density at radius 1 is 1.39 bits per heavy atom. The Labute approximate surface area is 119 Å². The fourth-order valence-electron chi connectivity index (χ4n) is 2.49. The minimum atomic E-state index is 0.571. The summed E-state index contributed by atoms with van der Waals surface area (Å²) < 4.78 is 1.17. The van der Waals surface area contributed by atoms with Crippen molar-refractivity contribution in [2.24, 2.45) is 0 Å². The second kappa shape index (κ2) is 6.69. The first-order valence-electron chi connectivity index (χ1n) is 6.82. The number of rotatable bonds is 4. The van der Waals surface area contributed by atoms with Crippen molar-refractivity contribution in [3.05, 3.63) is 34.3 Å². The lowest BCUT2D eigenvalue weighted by atomic mass is 9.99. The maximum atomic E-state index is 3.72. The molecular weight excluding hydrogens is 288 g/mol. The van der Waals surface area contributed by atoms with Gasteiger partial charge in [-0.15, -0.1) is 0 Å². The normalized spacial score (nSPS) is 19.9. The molecule has 0 amide bonds. The van der Waals surface area contributed by atoms with Crippen LogP contribution in [0.5, 0.6) is 0 Å². The predicted molar refractivity (Wildman–Crippen MR) is 81.1 cm³/mol. The van der Waals surface area contributed by atoms with Crippen molar-refractivity contribution in [2.75, 3.05) is 26.7 Å². The Hall–Kier alpha value is -0.380. The van der Waals surface area contributed by atoms with Crippen molar-refractivity contribution < 1.29 is 0 Å². The fraction of sp³-hybridized carbons (Fsp3) is 0.600. The van der Waals surface area contributed by atoms with Crippen LogP contribution in [0, 0.1) is 0 Å². The third-order valence-corrected chi connectivity index (χ3v) is 4.34. The number of nitrogens with one attached hydrogen (secondary N) is 1. The van der Waals surface area contributed by atoms with Gasteiger partial charge < -0.3 is 10.2 Å². The standard InChI is InChI=1S/C15H23BrN2/c1-12(13-4-3-5-14(16)10-13)11-17-15-6-8-18(2)9-7-15/h3-5,10,12,15,17H,6-9,11H2,1-2H3. The van der Waals surface area contributed by atoms with Crippen molar-refractivity contribution in [3.8, 4) is 0 Å². The van der Waals surface area contributed by atoms with Crippen LogP contribution in [0.3, 0.4) is 0 Å². The molecule has 18 heavy (non-hydrogen) atoms. The second-order valence-electron chi connectivity index (χ2n) is 5.44. The molecule has 3 heteroatoms. The molecule has 2 rings (SSSR count). The van der Waals surface area contributed by atoms with E-state index in [2.05, 4.69) is 64.4 Å². The molecule has 0 radical (unpaired) electrons. The van der Waals surface area contributed by atoms with Crippen LogP contribution in [0.2, 0.25) is 0 Å². The molecule has 1 atom stereocenters. The zero-order valence-electron chi connectivity index (χ0n) is 11.3. The monoisotopic (exact) mass is 310 g/mol. The molecule has 0 aromatic heterocycles. The van der Waals surface area contributed by atoms with Crippen LogP contribution in [0.15, 0.2) is 28.7 Å². The van der Waals surface area contributed by atoms with Crippen molar-refractivity contribution >= 4 is 15.9 Å². The van der Waals surface area contributed by atoms with Crippen LogP contribution in [-0.4, -0.2) is 37.6 Å². The van der Waals surface area contributed by atoms with E-state index in [4.69, 9.17) is 0 Å². The number of benzene rings is 1. The van der Waals surface area contributed by atoms with Crippen molar-refractivity contribution in [3.63, 3.8) is 0 Å². The minimum Gasteiger partial charge on any atom is -0.313 e. The molecule has 1 aliphatic heterocycles. The van der Waals surface area contributed by atoms with Gasteiger partial charge in [0.15, 0.2) is 0 Å². The highest BCUT2D eigenvalue weighted by atomic mass is 79.9. The van der Waals surface area contributed by atoms with E-state index in [1.54, 1.807) is 0 Å². The average Bonchev–Trinajstić information content (AvgIpc) is 2.38. The number of hydrogen-bond donors (Lipinski definition) is 1. The Morgan fingerprint density at radius 2 is 2.11 bits per heavy atom. The Bertz CT molecular complexity index is 373. The molecule has 1 fully saturated rings. The molecule has 1 aromatic carbocycles. The zero-order chi connectivity index (χ0) is 13.0. The molecule has 100 valence electrons. The lowest BCUT2D eigenvalue weighted by molar-refractivity contribution is 0.233. The van der Waals surface area contributed by atoms with Crippen LogP contribution in [0.1, 0.15) is 31.2 Å². The number of nitrogens with zero attached hydrogens (tertiary/aromatic N) is 1. The topological polar surface area (TPSA) is 15.3 Å². The van der Waals surface area contributed by atoms with Gasteiger partial charge in [-0.2, -0.15) is 0 Å². The maximum absolute atomic E-state index is 3.72. The average molecular weight is 311 g/mol. The molecule has 2 nitrogen and oxygen atoms in total. The highest BCUT2D eigenvalue weighted by Crippen LogP contribution is 2.19. The quantitative estimate of drug-likeness (QED) is 0.918. The molecule has 0 bridgehead atoms. The van der Waals surface area contributed by atoms with Crippen molar-refractivity contribution in [1.82, 2.24) is 10.2 Å². The molecule has 0 saturated carbocycles. The van der Waals surface area contributed by atoms with E-state index in [1.165, 1.54) is 36.0 Å². The van der Waals surface area contributed by atoms with Gasteiger partial charge in [-0.05, 0) is 56.6 Å². The van der Waals surface area contributed by atoms with E-state index in [9.17, 15) is 0 Å². The Balaban J connectivity index is 1.79. The first-order valence-corrected chi connectivity index (χ1v) is 7.62. The van der Waals surface area contributed by atoms with E-state index in [0.29, 0.717) is 12.0 Å². The second-order valence-corrected chi connectivity index (χ2v) is 6.36. The number of likely N-dealkylation sites (tertiary alicyclic amines) is 1. The van der Waals surface area contributed by atoms with Crippen LogP contribution in [0.4, 0.5) is 0 Å². The highest BCUT2D eigenvalue weighted by Gasteiger charge is 2.16. The molecule has 1 aromatic rings. The first kappa shape index (κ1) is 14.0. The van der Waals surface area contributed by atoms with E-state index in [0.717, 1.165) is 6.54 Å². The molecule has 0 aliphatic carbocycles. The van der Waals surface area contributed by atoms with Gasteiger partial charge in [-0.1, -0.05) is 35.0 Å². The van der Waals surface area contributed by atoms with Gasteiger partial charge in [-0.3, -0.25) is 0 Å². The van der Waals surface area contributed by atoms with E-state index < -0.39 is 0 Å². The molecule has 0 spiro atoms. The summed E-state index contributed by atoms with van der Waals surface area (Å²) in [6.07, 6.45) is 2.56. The first-order chi connectivity index (χ1) is 8.65. The van der Waals surface area contributed by atoms with Crippen molar-refractivity contribution in [1.29, 1.82) is 0 Å². The summed E-state index contributed by atoms with van der Waals surface area (Å²) in [6.45, 7) is 5.82. The molecule has 1 heterocycles. The van der Waals surface area contributed by atoms with E-state index >= 15 is 0 Å². The Morgan fingerprint density at radius 3 is 2.78 bits per heavy atom. The minimum absolute atomic E-state index is 0.571. The summed E-state index contributed by atoms with van der Waals surface area (Å²) in [7, 11) is 2.21. The van der Waals surface area contributed by atoms with Gasteiger partial charge >= 0.3 is 0 Å². The van der Waals surface area contributed by atoms with E-state index in [-0.39, 0.29) is 0 Å². The van der Waals surface area contributed by atoms with Crippen LogP contribution in [0.25, 0.3) is 0 Å². The zero-order valence-corrected chi connectivity index (χ0v) is 12.9. The number of halogens is 1. The molecule has 1 aliphatic rings. The summed E-state index contributed by atoms with van der Waals surface area (Å²) in [6, 6.07) is 9.34. The van der Waals surface area contributed by atoms with Gasteiger partial charge in [-0.25, -0.2) is 0 Å². The van der Waals surface area contributed by atoms with Gasteiger partial charge in [0.1, 0.15) is 0 Å². The smallest absolute Gasteiger partial charge is 0.0178 e. The van der Waals surface area contributed by atoms with Crippen LogP contribution < -0.4 is 5.32 Å². The lowest BCUT2D eigenvalue weighted by Gasteiger charge is -2.30. The summed E-state index contributed by atoms with van der Waals surface area (Å²) in [5.74, 6) is 0.571. The lowest BCUT2D eigenvalue weighted by Crippen LogP contribution is -2.41. The summed E-state index contributed by atoms with van der Waals surface area (Å²) in [4.78, 5) is 2.41.